The summed E-state index contributed by atoms with van der Waals surface area (Å²) < 4.78 is 0. The van der Waals surface area contributed by atoms with E-state index in [0.717, 1.165) is 5.69 Å². The van der Waals surface area contributed by atoms with Gasteiger partial charge in [-0.2, -0.15) is 0 Å². The highest BCUT2D eigenvalue weighted by Crippen LogP contribution is 2.32. The second-order valence-electron chi connectivity index (χ2n) is 5.28. The van der Waals surface area contributed by atoms with Gasteiger partial charge in [0.2, 0.25) is 0 Å². The summed E-state index contributed by atoms with van der Waals surface area (Å²) in [6.07, 6.45) is 0. The Morgan fingerprint density at radius 2 is 1.95 bits per heavy atom. The smallest absolute Gasteiger partial charge is 0.253 e. The molecular weight excluding hydrogens is 282 g/mol. The van der Waals surface area contributed by atoms with Gasteiger partial charge in [0.1, 0.15) is 0 Å². The molecule has 0 spiro atoms. The Morgan fingerprint density at radius 1 is 1.24 bits per heavy atom. The average molecular weight is 303 g/mol. The molecule has 112 valence electrons. The SMILES string of the molecule is CC(c1cccs1)N(C)c1ccc(C(=O)N(C)C)cc1N. The number of thiophene rings is 1. The summed E-state index contributed by atoms with van der Waals surface area (Å²) in [7, 11) is 5.48. The highest BCUT2D eigenvalue weighted by Gasteiger charge is 2.17. The number of amides is 1. The third-order valence-corrected chi connectivity index (χ3v) is 4.64. The molecule has 1 heterocycles. The van der Waals surface area contributed by atoms with Gasteiger partial charge in [-0.25, -0.2) is 0 Å². The normalized spacial score (nSPS) is 12.0. The molecule has 1 atom stereocenters. The number of nitrogens with two attached hydrogens (primary N) is 1. The van der Waals surface area contributed by atoms with Crippen LogP contribution < -0.4 is 10.6 Å². The van der Waals surface area contributed by atoms with Crippen molar-refractivity contribution in [2.45, 2.75) is 13.0 Å². The first kappa shape index (κ1) is 15.4. The summed E-state index contributed by atoms with van der Waals surface area (Å²) in [5.41, 5.74) is 8.31. The van der Waals surface area contributed by atoms with Gasteiger partial charge in [-0.3, -0.25) is 4.79 Å². The van der Waals surface area contributed by atoms with E-state index in [9.17, 15) is 4.79 Å². The van der Waals surface area contributed by atoms with Gasteiger partial charge in [0, 0.05) is 31.6 Å². The standard InChI is InChI=1S/C16H21N3OS/c1-11(15-6-5-9-21-15)19(4)14-8-7-12(10-13(14)17)16(20)18(2)3/h5-11H,17H2,1-4H3. The van der Waals surface area contributed by atoms with Crippen LogP contribution in [0.3, 0.4) is 0 Å². The largest absolute Gasteiger partial charge is 0.397 e. The Kier molecular flexibility index (Phi) is 4.53. The number of benzene rings is 1. The summed E-state index contributed by atoms with van der Waals surface area (Å²) >= 11 is 1.73. The van der Waals surface area contributed by atoms with Crippen LogP contribution in [0.25, 0.3) is 0 Å². The van der Waals surface area contributed by atoms with Crippen LogP contribution in [-0.4, -0.2) is 32.0 Å². The molecule has 0 bridgehead atoms. The number of nitrogens with zero attached hydrogens (tertiary/aromatic N) is 2. The lowest BCUT2D eigenvalue weighted by atomic mass is 10.1. The zero-order valence-electron chi connectivity index (χ0n) is 12.8. The van der Waals surface area contributed by atoms with Crippen LogP contribution in [0.15, 0.2) is 35.7 Å². The van der Waals surface area contributed by atoms with E-state index in [1.54, 1.807) is 36.4 Å². The van der Waals surface area contributed by atoms with Crippen LogP contribution in [0.5, 0.6) is 0 Å². The topological polar surface area (TPSA) is 49.6 Å². The molecule has 0 saturated heterocycles. The molecule has 2 aromatic rings. The third-order valence-electron chi connectivity index (χ3n) is 3.60. The number of carbonyl (C=O) groups is 1. The highest BCUT2D eigenvalue weighted by atomic mass is 32.1. The second-order valence-corrected chi connectivity index (χ2v) is 6.25. The number of hydrogen-bond acceptors (Lipinski definition) is 4. The van der Waals surface area contributed by atoms with Crippen molar-refractivity contribution < 1.29 is 4.79 Å². The Morgan fingerprint density at radius 3 is 2.48 bits per heavy atom. The summed E-state index contributed by atoms with van der Waals surface area (Å²) in [5, 5.41) is 2.07. The van der Waals surface area contributed by atoms with Gasteiger partial charge in [0.05, 0.1) is 17.4 Å². The van der Waals surface area contributed by atoms with Gasteiger partial charge in [-0.05, 0) is 36.6 Å². The van der Waals surface area contributed by atoms with Crippen molar-refractivity contribution >= 4 is 28.6 Å². The quantitative estimate of drug-likeness (QED) is 0.882. The average Bonchev–Trinajstić information content (AvgIpc) is 2.98. The van der Waals surface area contributed by atoms with Gasteiger partial charge in [0.25, 0.3) is 5.91 Å². The van der Waals surface area contributed by atoms with Crippen molar-refractivity contribution in [1.29, 1.82) is 0 Å². The minimum atomic E-state index is -0.0396. The Bertz CT molecular complexity index is 622. The lowest BCUT2D eigenvalue weighted by Gasteiger charge is -2.27. The van der Waals surface area contributed by atoms with Crippen molar-refractivity contribution in [2.24, 2.45) is 0 Å². The monoisotopic (exact) mass is 303 g/mol. The minimum absolute atomic E-state index is 0.0396. The van der Waals surface area contributed by atoms with Gasteiger partial charge in [0.15, 0.2) is 0 Å². The molecule has 1 aromatic carbocycles. The summed E-state index contributed by atoms with van der Waals surface area (Å²) in [5.74, 6) is -0.0396. The molecule has 0 radical (unpaired) electrons. The molecule has 1 unspecified atom stereocenters. The van der Waals surface area contributed by atoms with E-state index in [0.29, 0.717) is 11.3 Å². The van der Waals surface area contributed by atoms with Crippen molar-refractivity contribution in [1.82, 2.24) is 4.90 Å². The van der Waals surface area contributed by atoms with Crippen molar-refractivity contribution in [3.63, 3.8) is 0 Å². The first-order chi connectivity index (χ1) is 9.91. The van der Waals surface area contributed by atoms with E-state index in [4.69, 9.17) is 5.73 Å². The lowest BCUT2D eigenvalue weighted by Crippen LogP contribution is -2.24. The van der Waals surface area contributed by atoms with Crippen LogP contribution in [-0.2, 0) is 0 Å². The molecule has 21 heavy (non-hydrogen) atoms. The molecule has 0 saturated carbocycles. The van der Waals surface area contributed by atoms with E-state index >= 15 is 0 Å². The molecule has 0 aliphatic rings. The number of hydrogen-bond donors (Lipinski definition) is 1. The summed E-state index contributed by atoms with van der Waals surface area (Å²) in [6, 6.07) is 9.89. The van der Waals surface area contributed by atoms with Crippen molar-refractivity contribution in [3.05, 3.63) is 46.2 Å². The first-order valence-corrected chi connectivity index (χ1v) is 7.67. The Hall–Kier alpha value is -2.01. The number of carbonyl (C=O) groups excluding carboxylic acids is 1. The highest BCUT2D eigenvalue weighted by molar-refractivity contribution is 7.10. The fourth-order valence-corrected chi connectivity index (χ4v) is 3.02. The van der Waals surface area contributed by atoms with Crippen molar-refractivity contribution in [2.75, 3.05) is 31.8 Å². The molecule has 2 N–H and O–H groups in total. The molecule has 5 heteroatoms. The van der Waals surface area contributed by atoms with E-state index < -0.39 is 0 Å². The van der Waals surface area contributed by atoms with Gasteiger partial charge in [-0.15, -0.1) is 11.3 Å². The van der Waals surface area contributed by atoms with Crippen LogP contribution in [0.4, 0.5) is 11.4 Å². The lowest BCUT2D eigenvalue weighted by molar-refractivity contribution is 0.0827. The van der Waals surface area contributed by atoms with Crippen LogP contribution in [0.2, 0.25) is 0 Å². The zero-order valence-corrected chi connectivity index (χ0v) is 13.6. The zero-order chi connectivity index (χ0) is 15.6. The van der Waals surface area contributed by atoms with E-state index in [2.05, 4.69) is 23.3 Å². The summed E-state index contributed by atoms with van der Waals surface area (Å²) in [4.78, 5) is 16.9. The third kappa shape index (κ3) is 3.19. The van der Waals surface area contributed by atoms with Gasteiger partial charge in [-0.1, -0.05) is 6.07 Å². The molecule has 4 nitrogen and oxygen atoms in total. The predicted octanol–water partition coefficient (Wildman–Crippen LogP) is 3.23. The number of anilines is 2. The Balaban J connectivity index is 2.26. The molecule has 0 fully saturated rings. The minimum Gasteiger partial charge on any atom is -0.397 e. The predicted molar refractivity (Wildman–Crippen MR) is 90.0 cm³/mol. The van der Waals surface area contributed by atoms with Crippen LogP contribution >= 0.6 is 11.3 Å². The van der Waals surface area contributed by atoms with Gasteiger partial charge < -0.3 is 15.5 Å². The maximum absolute atomic E-state index is 12.0. The van der Waals surface area contributed by atoms with Crippen LogP contribution in [0.1, 0.15) is 28.2 Å². The maximum Gasteiger partial charge on any atom is 0.253 e. The van der Waals surface area contributed by atoms with Crippen LogP contribution in [0, 0.1) is 0 Å². The van der Waals surface area contributed by atoms with E-state index in [-0.39, 0.29) is 11.9 Å². The van der Waals surface area contributed by atoms with E-state index in [1.165, 1.54) is 4.88 Å². The fraction of sp³-hybridized carbons (Fsp3) is 0.312. The maximum atomic E-state index is 12.0. The second kappa shape index (κ2) is 6.18. The number of rotatable bonds is 4. The molecule has 2 rings (SSSR count). The van der Waals surface area contributed by atoms with E-state index in [1.807, 2.05) is 25.2 Å². The Labute approximate surface area is 129 Å². The molecule has 0 aliphatic carbocycles. The molecule has 1 amide bonds. The molecular formula is C16H21N3OS. The number of nitrogen functional groups attached to an aromatic ring is 1. The van der Waals surface area contributed by atoms with Crippen molar-refractivity contribution in [3.8, 4) is 0 Å². The molecule has 1 aromatic heterocycles. The summed E-state index contributed by atoms with van der Waals surface area (Å²) in [6.45, 7) is 2.14. The first-order valence-electron chi connectivity index (χ1n) is 6.79. The molecule has 0 aliphatic heterocycles. The fourth-order valence-electron chi connectivity index (χ4n) is 2.20. The van der Waals surface area contributed by atoms with Gasteiger partial charge >= 0.3 is 0 Å².